The van der Waals surface area contributed by atoms with Gasteiger partial charge < -0.3 is 9.84 Å². The van der Waals surface area contributed by atoms with E-state index in [9.17, 15) is 23.3 Å². The first-order valence-electron chi connectivity index (χ1n) is 6.99. The van der Waals surface area contributed by atoms with Crippen LogP contribution in [-0.4, -0.2) is 38.1 Å². The molecule has 0 unspecified atom stereocenters. The van der Waals surface area contributed by atoms with Gasteiger partial charge in [0.15, 0.2) is 0 Å². The molecule has 0 heterocycles. The van der Waals surface area contributed by atoms with Crippen LogP contribution >= 0.6 is 11.6 Å². The van der Waals surface area contributed by atoms with Gasteiger partial charge in [-0.15, -0.1) is 0 Å². The van der Waals surface area contributed by atoms with E-state index in [1.54, 1.807) is 0 Å². The first kappa shape index (κ1) is 19.5. The Morgan fingerprint density at radius 2 is 1.88 bits per heavy atom. The number of benzene rings is 2. The molecule has 0 aliphatic heterocycles. The summed E-state index contributed by atoms with van der Waals surface area (Å²) < 4.78 is 31.4. The lowest BCUT2D eigenvalue weighted by Gasteiger charge is -2.24. The van der Waals surface area contributed by atoms with Crippen molar-refractivity contribution in [1.29, 1.82) is 0 Å². The van der Waals surface area contributed by atoms with Crippen LogP contribution in [0.1, 0.15) is 0 Å². The molecule has 1 N–H and O–H groups in total. The van der Waals surface area contributed by atoms with E-state index in [0.717, 1.165) is 12.1 Å². The number of methoxy groups -OCH3 is 1. The van der Waals surface area contributed by atoms with Gasteiger partial charge in [-0.2, -0.15) is 0 Å². The minimum absolute atomic E-state index is 0.0330. The van der Waals surface area contributed by atoms with Gasteiger partial charge in [-0.3, -0.25) is 19.2 Å². The average molecular weight is 401 g/mol. The van der Waals surface area contributed by atoms with E-state index in [-0.39, 0.29) is 16.3 Å². The SMILES string of the molecule is COc1ccc([N+](=O)[O-])cc1N(CC(=O)O)S(=O)(=O)c1ccc(Cl)cc1. The summed E-state index contributed by atoms with van der Waals surface area (Å²) in [5.74, 6) is -1.48. The Kier molecular flexibility index (Phi) is 5.68. The van der Waals surface area contributed by atoms with Gasteiger partial charge in [0.25, 0.3) is 15.7 Å². The number of non-ortho nitro benzene ring substituents is 1. The lowest BCUT2D eigenvalue weighted by Crippen LogP contribution is -2.36. The number of anilines is 1. The zero-order valence-corrected chi connectivity index (χ0v) is 14.9. The van der Waals surface area contributed by atoms with Crippen LogP contribution in [0.25, 0.3) is 0 Å². The first-order valence-corrected chi connectivity index (χ1v) is 8.81. The van der Waals surface area contributed by atoms with Gasteiger partial charge in [0.2, 0.25) is 0 Å². The molecule has 0 amide bonds. The monoisotopic (exact) mass is 400 g/mol. The summed E-state index contributed by atoms with van der Waals surface area (Å²) in [4.78, 5) is 21.3. The second-order valence-corrected chi connectivity index (χ2v) is 7.27. The van der Waals surface area contributed by atoms with Crippen molar-refractivity contribution >= 4 is 39.0 Å². The number of sulfonamides is 1. The van der Waals surface area contributed by atoms with Crippen LogP contribution in [0.15, 0.2) is 47.4 Å². The lowest BCUT2D eigenvalue weighted by molar-refractivity contribution is -0.384. The number of nitrogens with zero attached hydrogens (tertiary/aromatic N) is 2. The van der Waals surface area contributed by atoms with Crippen LogP contribution in [0.3, 0.4) is 0 Å². The molecule has 0 atom stereocenters. The minimum Gasteiger partial charge on any atom is -0.495 e. The maximum absolute atomic E-state index is 12.9. The van der Waals surface area contributed by atoms with Gasteiger partial charge >= 0.3 is 5.97 Å². The van der Waals surface area contributed by atoms with Crippen LogP contribution in [-0.2, 0) is 14.8 Å². The second kappa shape index (κ2) is 7.58. The van der Waals surface area contributed by atoms with E-state index < -0.39 is 33.1 Å². The molecular formula is C15H13ClN2O7S. The molecule has 0 radical (unpaired) electrons. The van der Waals surface area contributed by atoms with Crippen LogP contribution in [0.5, 0.6) is 5.75 Å². The third kappa shape index (κ3) is 4.03. The molecule has 138 valence electrons. The number of rotatable bonds is 7. The second-order valence-electron chi connectivity index (χ2n) is 4.97. The van der Waals surface area contributed by atoms with E-state index >= 15 is 0 Å². The molecule has 9 nitrogen and oxygen atoms in total. The smallest absolute Gasteiger partial charge is 0.324 e. The Balaban J connectivity index is 2.68. The average Bonchev–Trinajstić information content (AvgIpc) is 2.59. The third-order valence-electron chi connectivity index (χ3n) is 3.32. The summed E-state index contributed by atoms with van der Waals surface area (Å²) >= 11 is 5.75. The molecule has 26 heavy (non-hydrogen) atoms. The Labute approximate surface area is 153 Å². The highest BCUT2D eigenvalue weighted by molar-refractivity contribution is 7.92. The zero-order chi connectivity index (χ0) is 19.5. The fourth-order valence-corrected chi connectivity index (χ4v) is 3.69. The van der Waals surface area contributed by atoms with E-state index in [4.69, 9.17) is 21.4 Å². The molecule has 2 aromatic carbocycles. The third-order valence-corrected chi connectivity index (χ3v) is 5.35. The quantitative estimate of drug-likeness (QED) is 0.558. The number of aliphatic carboxylic acids is 1. The molecule has 0 fully saturated rings. The van der Waals surface area contributed by atoms with Gasteiger partial charge in [-0.05, 0) is 30.3 Å². The summed E-state index contributed by atoms with van der Waals surface area (Å²) in [5.41, 5.74) is -0.679. The van der Waals surface area contributed by atoms with Gasteiger partial charge in [0.1, 0.15) is 18.0 Å². The van der Waals surface area contributed by atoms with E-state index in [1.807, 2.05) is 0 Å². The molecule has 2 aromatic rings. The molecule has 0 spiro atoms. The van der Waals surface area contributed by atoms with Crippen molar-refractivity contribution in [3.05, 3.63) is 57.6 Å². The van der Waals surface area contributed by atoms with Crippen molar-refractivity contribution in [2.45, 2.75) is 4.90 Å². The number of hydrogen-bond acceptors (Lipinski definition) is 6. The number of carbonyl (C=O) groups is 1. The van der Waals surface area contributed by atoms with Gasteiger partial charge in [0, 0.05) is 17.2 Å². The van der Waals surface area contributed by atoms with Crippen LogP contribution in [0, 0.1) is 10.1 Å². The molecule has 0 aliphatic carbocycles. The zero-order valence-electron chi connectivity index (χ0n) is 13.3. The predicted octanol–water partition coefficient (Wildman–Crippen LogP) is 2.54. The maximum Gasteiger partial charge on any atom is 0.324 e. The summed E-state index contributed by atoms with van der Waals surface area (Å²) in [5, 5.41) is 20.5. The largest absolute Gasteiger partial charge is 0.495 e. The fraction of sp³-hybridized carbons (Fsp3) is 0.133. The van der Waals surface area contributed by atoms with Crippen molar-refractivity contribution in [1.82, 2.24) is 0 Å². The molecule has 0 saturated heterocycles. The number of carboxylic acids is 1. The number of ether oxygens (including phenoxy) is 1. The van der Waals surface area contributed by atoms with Gasteiger partial charge in [-0.25, -0.2) is 8.42 Å². The Morgan fingerprint density at radius 3 is 2.38 bits per heavy atom. The van der Waals surface area contributed by atoms with Crippen molar-refractivity contribution < 1.29 is 28.0 Å². The summed E-state index contributed by atoms with van der Waals surface area (Å²) in [6.07, 6.45) is 0. The van der Waals surface area contributed by atoms with Gasteiger partial charge in [-0.1, -0.05) is 11.6 Å². The Hall–Kier alpha value is -2.85. The van der Waals surface area contributed by atoms with Gasteiger partial charge in [0.05, 0.1) is 16.9 Å². The van der Waals surface area contributed by atoms with E-state index in [0.29, 0.717) is 9.33 Å². The molecule has 0 bridgehead atoms. The number of carboxylic acid groups (broad SMARTS) is 1. The number of nitro groups is 1. The summed E-state index contributed by atoms with van der Waals surface area (Å²) in [6.45, 7) is -0.956. The molecule has 0 aliphatic rings. The number of hydrogen-bond donors (Lipinski definition) is 1. The minimum atomic E-state index is -4.35. The fourth-order valence-electron chi connectivity index (χ4n) is 2.14. The van der Waals surface area contributed by atoms with Crippen molar-refractivity contribution in [3.8, 4) is 5.75 Å². The molecule has 2 rings (SSSR count). The normalized spacial score (nSPS) is 11.0. The highest BCUT2D eigenvalue weighted by Gasteiger charge is 2.30. The van der Waals surface area contributed by atoms with Crippen molar-refractivity contribution in [2.24, 2.45) is 0 Å². The Morgan fingerprint density at radius 1 is 1.27 bits per heavy atom. The van der Waals surface area contributed by atoms with E-state index in [2.05, 4.69) is 0 Å². The highest BCUT2D eigenvalue weighted by atomic mass is 35.5. The summed E-state index contributed by atoms with van der Waals surface area (Å²) in [6, 6.07) is 8.33. The topological polar surface area (TPSA) is 127 Å². The predicted molar refractivity (Wildman–Crippen MR) is 93.3 cm³/mol. The molecular weight excluding hydrogens is 388 g/mol. The summed E-state index contributed by atoms with van der Waals surface area (Å²) in [7, 11) is -3.12. The molecule has 11 heteroatoms. The van der Waals surface area contributed by atoms with Crippen LogP contribution < -0.4 is 9.04 Å². The standard InChI is InChI=1S/C15H13ClN2O7S/c1-25-14-7-4-11(18(21)22)8-13(14)17(9-15(19)20)26(23,24)12-5-2-10(16)3-6-12/h2-8H,9H2,1H3,(H,19,20). The van der Waals surface area contributed by atoms with Crippen LogP contribution in [0.2, 0.25) is 5.02 Å². The Bertz CT molecular complexity index is 945. The van der Waals surface area contributed by atoms with Crippen molar-refractivity contribution in [2.75, 3.05) is 18.0 Å². The lowest BCUT2D eigenvalue weighted by atomic mass is 10.2. The van der Waals surface area contributed by atoms with Crippen LogP contribution in [0.4, 0.5) is 11.4 Å². The van der Waals surface area contributed by atoms with E-state index in [1.165, 1.54) is 37.4 Å². The first-order chi connectivity index (χ1) is 12.2. The highest BCUT2D eigenvalue weighted by Crippen LogP contribution is 2.35. The molecule has 0 saturated carbocycles. The maximum atomic E-state index is 12.9. The number of nitro benzene ring substituents is 1. The number of halogens is 1. The molecule has 0 aromatic heterocycles. The van der Waals surface area contributed by atoms with Crippen molar-refractivity contribution in [3.63, 3.8) is 0 Å².